The number of carboxylic acid groups (broad SMARTS) is 1. The van der Waals surface area contributed by atoms with Gasteiger partial charge in [-0.25, -0.2) is 4.79 Å². The number of piperidine rings is 1. The first-order valence-corrected chi connectivity index (χ1v) is 7.80. The molecule has 1 saturated carbocycles. The number of rotatable bonds is 3. The second kappa shape index (κ2) is 6.95. The zero-order valence-corrected chi connectivity index (χ0v) is 12.4. The molecule has 0 unspecified atom stereocenters. The van der Waals surface area contributed by atoms with Crippen LogP contribution in [0, 0.1) is 11.8 Å². The van der Waals surface area contributed by atoms with Crippen molar-refractivity contribution in [2.24, 2.45) is 11.8 Å². The third kappa shape index (κ3) is 3.87. The van der Waals surface area contributed by atoms with Crippen molar-refractivity contribution < 1.29 is 14.7 Å². The van der Waals surface area contributed by atoms with Gasteiger partial charge in [-0.05, 0) is 31.6 Å². The zero-order chi connectivity index (χ0) is 14.5. The number of likely N-dealkylation sites (tertiary alicyclic amines) is 1. The third-order valence-corrected chi connectivity index (χ3v) is 4.62. The lowest BCUT2D eigenvalue weighted by atomic mass is 9.89. The summed E-state index contributed by atoms with van der Waals surface area (Å²) < 4.78 is 0. The molecular weight excluding hydrogens is 256 g/mol. The van der Waals surface area contributed by atoms with Crippen LogP contribution < -0.4 is 0 Å². The van der Waals surface area contributed by atoms with Crippen LogP contribution in [0.5, 0.6) is 0 Å². The number of aliphatic carboxylic acids is 1. The van der Waals surface area contributed by atoms with Crippen molar-refractivity contribution in [3.8, 4) is 0 Å². The van der Waals surface area contributed by atoms with Crippen LogP contribution in [0.15, 0.2) is 0 Å². The van der Waals surface area contributed by atoms with Gasteiger partial charge in [-0.2, -0.15) is 0 Å². The van der Waals surface area contributed by atoms with E-state index in [-0.39, 0.29) is 6.03 Å². The number of hydrogen-bond donors (Lipinski definition) is 1. The molecule has 1 aliphatic carbocycles. The Morgan fingerprint density at radius 2 is 1.85 bits per heavy atom. The summed E-state index contributed by atoms with van der Waals surface area (Å²) in [6.45, 7) is 1.87. The summed E-state index contributed by atoms with van der Waals surface area (Å²) in [6, 6.07) is 0.00141. The minimum atomic E-state index is -0.780. The Hall–Kier alpha value is -1.26. The molecular formula is C15H26N2O3. The highest BCUT2D eigenvalue weighted by molar-refractivity contribution is 5.76. The van der Waals surface area contributed by atoms with Gasteiger partial charge in [-0.1, -0.05) is 19.3 Å². The van der Waals surface area contributed by atoms with Gasteiger partial charge in [0.15, 0.2) is 0 Å². The average molecular weight is 282 g/mol. The molecule has 114 valence electrons. The van der Waals surface area contributed by atoms with Gasteiger partial charge >= 0.3 is 12.0 Å². The Balaban J connectivity index is 1.84. The van der Waals surface area contributed by atoms with E-state index in [4.69, 9.17) is 5.11 Å². The topological polar surface area (TPSA) is 60.9 Å². The Morgan fingerprint density at radius 1 is 1.15 bits per heavy atom. The average Bonchev–Trinajstić information content (AvgIpc) is 2.47. The Morgan fingerprint density at radius 3 is 2.50 bits per heavy atom. The van der Waals surface area contributed by atoms with Crippen molar-refractivity contribution in [3.05, 3.63) is 0 Å². The number of carboxylic acids is 1. The lowest BCUT2D eigenvalue weighted by Crippen LogP contribution is -2.48. The normalized spacial score (nSPS) is 24.4. The summed E-state index contributed by atoms with van der Waals surface area (Å²) in [4.78, 5) is 27.0. The molecule has 20 heavy (non-hydrogen) atoms. The van der Waals surface area contributed by atoms with E-state index in [9.17, 15) is 9.59 Å². The van der Waals surface area contributed by atoms with Gasteiger partial charge in [0.1, 0.15) is 0 Å². The largest absolute Gasteiger partial charge is 0.481 e. The van der Waals surface area contributed by atoms with Gasteiger partial charge in [0.2, 0.25) is 0 Å². The molecule has 2 amide bonds. The summed E-state index contributed by atoms with van der Waals surface area (Å²) in [6.07, 6.45) is 7.78. The number of carbonyl (C=O) groups is 2. The molecule has 5 heteroatoms. The lowest BCUT2D eigenvalue weighted by molar-refractivity contribution is -0.143. The Kier molecular flexibility index (Phi) is 5.26. The van der Waals surface area contributed by atoms with Crippen molar-refractivity contribution >= 4 is 12.0 Å². The van der Waals surface area contributed by atoms with Crippen LogP contribution in [0.25, 0.3) is 0 Å². The van der Waals surface area contributed by atoms with E-state index in [1.807, 2.05) is 7.05 Å². The predicted octanol–water partition coefficient (Wildman–Crippen LogP) is 2.42. The molecule has 0 radical (unpaired) electrons. The first-order chi connectivity index (χ1) is 9.58. The van der Waals surface area contributed by atoms with E-state index >= 15 is 0 Å². The minimum Gasteiger partial charge on any atom is -0.481 e. The van der Waals surface area contributed by atoms with Gasteiger partial charge in [-0.3, -0.25) is 4.79 Å². The first kappa shape index (κ1) is 15.1. The summed E-state index contributed by atoms with van der Waals surface area (Å²) in [5.41, 5.74) is 0. The highest BCUT2D eigenvalue weighted by Crippen LogP contribution is 2.25. The summed E-state index contributed by atoms with van der Waals surface area (Å²) in [5.74, 6) is -0.550. The number of carbonyl (C=O) groups excluding carboxylic acids is 1. The maximum Gasteiger partial charge on any atom is 0.319 e. The van der Waals surface area contributed by atoms with Crippen molar-refractivity contribution in [2.45, 2.75) is 44.9 Å². The molecule has 5 nitrogen and oxygen atoms in total. The smallest absolute Gasteiger partial charge is 0.319 e. The molecule has 1 aliphatic heterocycles. The van der Waals surface area contributed by atoms with Gasteiger partial charge in [0, 0.05) is 26.7 Å². The summed E-state index contributed by atoms with van der Waals surface area (Å²) in [7, 11) is 1.85. The van der Waals surface area contributed by atoms with E-state index in [1.54, 1.807) is 9.80 Å². The van der Waals surface area contributed by atoms with Crippen molar-refractivity contribution in [3.63, 3.8) is 0 Å². The molecule has 2 aliphatic rings. The maximum atomic E-state index is 12.4. The van der Waals surface area contributed by atoms with Crippen molar-refractivity contribution in [1.82, 2.24) is 9.80 Å². The second-order valence-electron chi connectivity index (χ2n) is 6.29. The van der Waals surface area contributed by atoms with Crippen LogP contribution in [0.1, 0.15) is 44.9 Å². The van der Waals surface area contributed by atoms with Gasteiger partial charge < -0.3 is 14.9 Å². The van der Waals surface area contributed by atoms with Gasteiger partial charge in [0.25, 0.3) is 0 Å². The lowest BCUT2D eigenvalue weighted by Gasteiger charge is -2.35. The molecule has 1 heterocycles. The predicted molar refractivity (Wildman–Crippen MR) is 76.5 cm³/mol. The molecule has 0 spiro atoms. The quantitative estimate of drug-likeness (QED) is 0.864. The van der Waals surface area contributed by atoms with Gasteiger partial charge in [0.05, 0.1) is 5.92 Å². The SMILES string of the molecule is CN(CC1CCCCC1)C(=O)N1CCC[C@H](C(=O)O)C1. The molecule has 0 aromatic rings. The van der Waals surface area contributed by atoms with Gasteiger partial charge in [-0.15, -0.1) is 0 Å². The molecule has 2 fully saturated rings. The zero-order valence-electron chi connectivity index (χ0n) is 12.4. The molecule has 0 aromatic carbocycles. The van der Waals surface area contributed by atoms with Crippen molar-refractivity contribution in [1.29, 1.82) is 0 Å². The molecule has 2 rings (SSSR count). The first-order valence-electron chi connectivity index (χ1n) is 7.80. The minimum absolute atomic E-state index is 0.00141. The Bertz CT molecular complexity index is 353. The van der Waals surface area contributed by atoms with E-state index in [0.717, 1.165) is 13.0 Å². The van der Waals surface area contributed by atoms with Crippen LogP contribution in [0.3, 0.4) is 0 Å². The molecule has 0 bridgehead atoms. The van der Waals surface area contributed by atoms with Crippen LogP contribution in [0.2, 0.25) is 0 Å². The fourth-order valence-corrected chi connectivity index (χ4v) is 3.43. The van der Waals surface area contributed by atoms with E-state index in [2.05, 4.69) is 0 Å². The molecule has 1 atom stereocenters. The van der Waals surface area contributed by atoms with Crippen LogP contribution in [0.4, 0.5) is 4.79 Å². The van der Waals surface area contributed by atoms with Crippen LogP contribution in [-0.4, -0.2) is 53.6 Å². The summed E-state index contributed by atoms with van der Waals surface area (Å²) >= 11 is 0. The molecule has 1 N–H and O–H groups in total. The monoisotopic (exact) mass is 282 g/mol. The molecule has 0 aromatic heterocycles. The van der Waals surface area contributed by atoms with E-state index in [0.29, 0.717) is 25.4 Å². The van der Waals surface area contributed by atoms with E-state index in [1.165, 1.54) is 32.1 Å². The van der Waals surface area contributed by atoms with E-state index < -0.39 is 11.9 Å². The number of amides is 2. The fraction of sp³-hybridized carbons (Fsp3) is 0.867. The summed E-state index contributed by atoms with van der Waals surface area (Å²) in [5, 5.41) is 9.09. The highest BCUT2D eigenvalue weighted by Gasteiger charge is 2.30. The maximum absolute atomic E-state index is 12.4. The number of urea groups is 1. The van der Waals surface area contributed by atoms with Crippen molar-refractivity contribution in [2.75, 3.05) is 26.7 Å². The highest BCUT2D eigenvalue weighted by atomic mass is 16.4. The number of nitrogens with zero attached hydrogens (tertiary/aromatic N) is 2. The standard InChI is InChI=1S/C15H26N2O3/c1-16(10-12-6-3-2-4-7-12)15(20)17-9-5-8-13(11-17)14(18)19/h12-13H,2-11H2,1H3,(H,18,19)/t13-/m0/s1. The number of hydrogen-bond acceptors (Lipinski definition) is 2. The van der Waals surface area contributed by atoms with Crippen LogP contribution in [-0.2, 0) is 4.79 Å². The second-order valence-corrected chi connectivity index (χ2v) is 6.29. The molecule has 1 saturated heterocycles. The van der Waals surface area contributed by atoms with Crippen LogP contribution >= 0.6 is 0 Å². The Labute approximate surface area is 120 Å². The third-order valence-electron chi connectivity index (χ3n) is 4.62. The fourth-order valence-electron chi connectivity index (χ4n) is 3.43.